The predicted octanol–water partition coefficient (Wildman–Crippen LogP) is 7.26. The smallest absolute Gasteiger partial charge is 0.160 e. The van der Waals surface area contributed by atoms with E-state index in [4.69, 9.17) is 9.97 Å². The summed E-state index contributed by atoms with van der Waals surface area (Å²) in [5.41, 5.74) is 6.90. The van der Waals surface area contributed by atoms with Crippen LogP contribution in [0.2, 0.25) is 0 Å². The van der Waals surface area contributed by atoms with Crippen molar-refractivity contribution in [2.24, 2.45) is 9.98 Å². The quantitative estimate of drug-likeness (QED) is 0.230. The van der Waals surface area contributed by atoms with Gasteiger partial charge in [-0.25, -0.2) is 9.97 Å². The molecule has 0 spiro atoms. The molecule has 3 aromatic heterocycles. The molecule has 0 aliphatic carbocycles. The van der Waals surface area contributed by atoms with Gasteiger partial charge in [-0.2, -0.15) is 0 Å². The SMILES string of the molecule is C(=Nc1ccc(-c2nc(-c3ccccc3)c3cc(N=Cc4ccccn4)ccc3n2)cc1)c1ccccn1. The van der Waals surface area contributed by atoms with E-state index in [1.165, 1.54) is 0 Å². The molecule has 0 atom stereocenters. The summed E-state index contributed by atoms with van der Waals surface area (Å²) in [5, 5.41) is 0.937. The van der Waals surface area contributed by atoms with Crippen LogP contribution in [-0.4, -0.2) is 32.4 Å². The van der Waals surface area contributed by atoms with Crippen LogP contribution in [0.3, 0.4) is 0 Å². The fourth-order valence-corrected chi connectivity index (χ4v) is 4.02. The zero-order valence-corrected chi connectivity index (χ0v) is 20.4. The third-order valence-electron chi connectivity index (χ3n) is 5.92. The van der Waals surface area contributed by atoms with E-state index in [-0.39, 0.29) is 0 Å². The Bertz CT molecular complexity index is 1730. The Hall–Kier alpha value is -5.36. The van der Waals surface area contributed by atoms with Crippen LogP contribution in [0, 0.1) is 0 Å². The molecule has 6 aromatic rings. The van der Waals surface area contributed by atoms with E-state index in [1.54, 1.807) is 24.8 Å². The Labute approximate surface area is 220 Å². The van der Waals surface area contributed by atoms with Crippen molar-refractivity contribution in [1.29, 1.82) is 0 Å². The minimum atomic E-state index is 0.654. The number of hydrogen-bond donors (Lipinski definition) is 0. The summed E-state index contributed by atoms with van der Waals surface area (Å²) in [5.74, 6) is 0.654. The molecule has 3 aromatic carbocycles. The van der Waals surface area contributed by atoms with Crippen LogP contribution < -0.4 is 0 Å². The molecule has 38 heavy (non-hydrogen) atoms. The summed E-state index contributed by atoms with van der Waals surface area (Å²) in [6.07, 6.45) is 7.02. The number of rotatable bonds is 6. The Morgan fingerprint density at radius 1 is 0.526 bits per heavy atom. The molecule has 180 valence electrons. The van der Waals surface area contributed by atoms with Gasteiger partial charge in [0.2, 0.25) is 0 Å². The van der Waals surface area contributed by atoms with E-state index in [0.717, 1.165) is 50.5 Å². The number of nitrogens with zero attached hydrogens (tertiary/aromatic N) is 6. The number of aliphatic imine (C=N–C) groups is 2. The van der Waals surface area contributed by atoms with E-state index >= 15 is 0 Å². The minimum absolute atomic E-state index is 0.654. The van der Waals surface area contributed by atoms with Crippen LogP contribution in [0.25, 0.3) is 33.5 Å². The number of aromatic nitrogens is 4. The van der Waals surface area contributed by atoms with Crippen molar-refractivity contribution in [1.82, 2.24) is 19.9 Å². The summed E-state index contributed by atoms with van der Waals surface area (Å²) in [4.78, 5) is 27.6. The zero-order valence-electron chi connectivity index (χ0n) is 20.4. The lowest BCUT2D eigenvalue weighted by atomic mass is 10.0. The summed E-state index contributed by atoms with van der Waals surface area (Å²) in [7, 11) is 0. The first-order chi connectivity index (χ1) is 18.8. The second-order valence-electron chi connectivity index (χ2n) is 8.54. The largest absolute Gasteiger partial charge is 0.255 e. The predicted molar refractivity (Wildman–Crippen MR) is 153 cm³/mol. The van der Waals surface area contributed by atoms with Crippen molar-refractivity contribution >= 4 is 34.7 Å². The molecule has 0 fully saturated rings. The molecular formula is C32H22N6. The molecule has 0 unspecified atom stereocenters. The molecule has 6 heteroatoms. The van der Waals surface area contributed by atoms with Gasteiger partial charge in [-0.05, 0) is 66.7 Å². The van der Waals surface area contributed by atoms with Gasteiger partial charge in [0.1, 0.15) is 0 Å². The highest BCUT2D eigenvalue weighted by Crippen LogP contribution is 2.32. The van der Waals surface area contributed by atoms with E-state index in [1.807, 2.05) is 97.1 Å². The standard InChI is InChI=1S/C32H22N6/c1-2-8-23(9-3-1)31-29-20-26(36-22-28-11-5-7-19-34-28)16-17-30(29)37-32(38-31)24-12-14-25(15-13-24)35-21-27-10-4-6-18-33-27/h1-22H. The Balaban J connectivity index is 1.37. The summed E-state index contributed by atoms with van der Waals surface area (Å²) in [6, 6.07) is 35.5. The molecule has 0 bridgehead atoms. The van der Waals surface area contributed by atoms with Gasteiger partial charge in [0, 0.05) is 28.9 Å². The van der Waals surface area contributed by atoms with Gasteiger partial charge in [-0.15, -0.1) is 0 Å². The molecule has 0 amide bonds. The van der Waals surface area contributed by atoms with Gasteiger partial charge in [0.25, 0.3) is 0 Å². The summed E-state index contributed by atoms with van der Waals surface area (Å²) in [6.45, 7) is 0. The summed E-state index contributed by atoms with van der Waals surface area (Å²) >= 11 is 0. The first-order valence-corrected chi connectivity index (χ1v) is 12.2. The van der Waals surface area contributed by atoms with Crippen molar-refractivity contribution in [3.05, 3.63) is 133 Å². The van der Waals surface area contributed by atoms with Crippen LogP contribution in [0.15, 0.2) is 132 Å². The van der Waals surface area contributed by atoms with Gasteiger partial charge in [0.05, 0.1) is 46.4 Å². The van der Waals surface area contributed by atoms with Crippen molar-refractivity contribution in [2.75, 3.05) is 0 Å². The average molecular weight is 491 g/mol. The molecule has 6 nitrogen and oxygen atoms in total. The maximum Gasteiger partial charge on any atom is 0.160 e. The highest BCUT2D eigenvalue weighted by atomic mass is 14.9. The Kier molecular flexibility index (Phi) is 6.51. The molecule has 0 radical (unpaired) electrons. The first-order valence-electron chi connectivity index (χ1n) is 12.2. The number of hydrogen-bond acceptors (Lipinski definition) is 6. The van der Waals surface area contributed by atoms with E-state index in [0.29, 0.717) is 5.82 Å². The fraction of sp³-hybridized carbons (Fsp3) is 0. The monoisotopic (exact) mass is 490 g/mol. The van der Waals surface area contributed by atoms with E-state index < -0.39 is 0 Å². The summed E-state index contributed by atoms with van der Waals surface area (Å²) < 4.78 is 0. The molecular weight excluding hydrogens is 468 g/mol. The van der Waals surface area contributed by atoms with Gasteiger partial charge in [0.15, 0.2) is 5.82 Å². The lowest BCUT2D eigenvalue weighted by molar-refractivity contribution is 1.23. The molecule has 3 heterocycles. The lowest BCUT2D eigenvalue weighted by Crippen LogP contribution is -1.95. The van der Waals surface area contributed by atoms with Crippen molar-refractivity contribution < 1.29 is 0 Å². The second kappa shape index (κ2) is 10.7. The maximum atomic E-state index is 5.00. The van der Waals surface area contributed by atoms with Crippen molar-refractivity contribution in [3.8, 4) is 22.6 Å². The number of pyridine rings is 2. The Morgan fingerprint density at radius 3 is 1.82 bits per heavy atom. The van der Waals surface area contributed by atoms with Crippen molar-refractivity contribution in [3.63, 3.8) is 0 Å². The van der Waals surface area contributed by atoms with Gasteiger partial charge >= 0.3 is 0 Å². The Morgan fingerprint density at radius 2 is 1.16 bits per heavy atom. The molecule has 0 saturated heterocycles. The third-order valence-corrected chi connectivity index (χ3v) is 5.92. The van der Waals surface area contributed by atoms with Crippen LogP contribution >= 0.6 is 0 Å². The first kappa shape index (κ1) is 23.1. The van der Waals surface area contributed by atoms with Crippen LogP contribution in [0.5, 0.6) is 0 Å². The highest BCUT2D eigenvalue weighted by Gasteiger charge is 2.12. The van der Waals surface area contributed by atoms with E-state index in [9.17, 15) is 0 Å². The van der Waals surface area contributed by atoms with Gasteiger partial charge < -0.3 is 0 Å². The molecule has 0 aliphatic heterocycles. The highest BCUT2D eigenvalue weighted by molar-refractivity contribution is 5.96. The van der Waals surface area contributed by atoms with Crippen molar-refractivity contribution in [2.45, 2.75) is 0 Å². The van der Waals surface area contributed by atoms with Gasteiger partial charge in [-0.1, -0.05) is 42.5 Å². The normalized spacial score (nSPS) is 11.5. The minimum Gasteiger partial charge on any atom is -0.255 e. The fourth-order valence-electron chi connectivity index (χ4n) is 4.02. The lowest BCUT2D eigenvalue weighted by Gasteiger charge is -2.10. The maximum absolute atomic E-state index is 5.00. The topological polar surface area (TPSA) is 76.3 Å². The van der Waals surface area contributed by atoms with Crippen LogP contribution in [0.1, 0.15) is 11.4 Å². The molecule has 0 N–H and O–H groups in total. The average Bonchev–Trinajstić information content (AvgIpc) is 3.00. The van der Waals surface area contributed by atoms with Crippen LogP contribution in [0.4, 0.5) is 11.4 Å². The molecule has 0 aliphatic rings. The zero-order chi connectivity index (χ0) is 25.6. The number of fused-ring (bicyclic) bond motifs is 1. The third kappa shape index (κ3) is 5.24. The molecule has 0 saturated carbocycles. The second-order valence-corrected chi connectivity index (χ2v) is 8.54. The number of benzene rings is 3. The molecule has 6 rings (SSSR count). The van der Waals surface area contributed by atoms with Crippen LogP contribution in [-0.2, 0) is 0 Å². The van der Waals surface area contributed by atoms with E-state index in [2.05, 4.69) is 32.1 Å². The van der Waals surface area contributed by atoms with Gasteiger partial charge in [-0.3, -0.25) is 20.0 Å².